The largest absolute Gasteiger partial charge is 0.387 e. The van der Waals surface area contributed by atoms with Gasteiger partial charge in [0, 0.05) is 31.7 Å². The minimum absolute atomic E-state index is 0.0607. The molecule has 0 radical (unpaired) electrons. The number of hydrogen-bond acceptors (Lipinski definition) is 6. The summed E-state index contributed by atoms with van der Waals surface area (Å²) in [6.45, 7) is 2.89. The van der Waals surface area contributed by atoms with Crippen molar-refractivity contribution in [2.45, 2.75) is 63.1 Å². The third-order valence-electron chi connectivity index (χ3n) is 5.71. The number of nitrogens with one attached hydrogen (secondary N) is 1. The van der Waals surface area contributed by atoms with Gasteiger partial charge in [0.15, 0.2) is 0 Å². The van der Waals surface area contributed by atoms with Crippen molar-refractivity contribution >= 4 is 10.0 Å². The van der Waals surface area contributed by atoms with Crippen molar-refractivity contribution in [1.29, 1.82) is 0 Å². The summed E-state index contributed by atoms with van der Waals surface area (Å²) in [6.07, 6.45) is 5.99. The lowest BCUT2D eigenvalue weighted by Crippen LogP contribution is -2.56. The van der Waals surface area contributed by atoms with Gasteiger partial charge in [0.1, 0.15) is 0 Å². The predicted molar refractivity (Wildman–Crippen MR) is 103 cm³/mol. The number of aryl methyl sites for hydroxylation is 1. The molecule has 2 heterocycles. The highest BCUT2D eigenvalue weighted by atomic mass is 32.2. The van der Waals surface area contributed by atoms with Gasteiger partial charge in [-0.25, -0.2) is 13.1 Å². The summed E-state index contributed by atoms with van der Waals surface area (Å²) >= 11 is 0. The Morgan fingerprint density at radius 3 is 2.67 bits per heavy atom. The van der Waals surface area contributed by atoms with Gasteiger partial charge in [0.2, 0.25) is 10.0 Å². The number of aromatic nitrogens is 2. The maximum absolute atomic E-state index is 12.0. The Morgan fingerprint density at radius 2 is 2.00 bits per heavy atom. The van der Waals surface area contributed by atoms with Crippen molar-refractivity contribution < 1.29 is 13.5 Å². The zero-order valence-corrected chi connectivity index (χ0v) is 16.9. The molecule has 0 aromatic carbocycles. The second kappa shape index (κ2) is 7.98. The van der Waals surface area contributed by atoms with Gasteiger partial charge in [-0.1, -0.05) is 0 Å². The first-order chi connectivity index (χ1) is 12.7. The maximum Gasteiger partial charge on any atom is 0.267 e. The molecule has 27 heavy (non-hydrogen) atoms. The Labute approximate surface area is 160 Å². The van der Waals surface area contributed by atoms with Crippen LogP contribution in [0.1, 0.15) is 50.3 Å². The van der Waals surface area contributed by atoms with E-state index in [1.165, 1.54) is 10.6 Å². The van der Waals surface area contributed by atoms with E-state index in [9.17, 15) is 18.3 Å². The molecule has 0 amide bonds. The molecule has 1 unspecified atom stereocenters. The fraction of sp³-hybridized carbons (Fsp3) is 0.778. The second-order valence-corrected chi connectivity index (χ2v) is 10.1. The first-order valence-corrected chi connectivity index (χ1v) is 11.5. The van der Waals surface area contributed by atoms with Crippen LogP contribution in [0.2, 0.25) is 0 Å². The molecule has 0 spiro atoms. The van der Waals surface area contributed by atoms with Crippen molar-refractivity contribution in [2.75, 3.05) is 25.9 Å². The van der Waals surface area contributed by atoms with Crippen LogP contribution in [0.4, 0.5) is 0 Å². The Morgan fingerprint density at radius 1 is 1.30 bits per heavy atom. The van der Waals surface area contributed by atoms with Crippen LogP contribution in [0, 0.1) is 6.92 Å². The second-order valence-electron chi connectivity index (χ2n) is 8.07. The van der Waals surface area contributed by atoms with Crippen molar-refractivity contribution in [3.05, 3.63) is 28.2 Å². The summed E-state index contributed by atoms with van der Waals surface area (Å²) < 4.78 is 26.5. The van der Waals surface area contributed by atoms with Crippen LogP contribution in [-0.2, 0) is 10.0 Å². The first kappa shape index (κ1) is 20.4. The van der Waals surface area contributed by atoms with Crippen LogP contribution in [0.3, 0.4) is 0 Å². The van der Waals surface area contributed by atoms with E-state index in [2.05, 4.69) is 10.4 Å². The molecule has 1 saturated carbocycles. The molecule has 3 rings (SSSR count). The van der Waals surface area contributed by atoms with Gasteiger partial charge in [0.25, 0.3) is 5.56 Å². The van der Waals surface area contributed by atoms with Crippen molar-refractivity contribution in [3.8, 4) is 0 Å². The minimum Gasteiger partial charge on any atom is -0.387 e. The number of nitrogens with zero attached hydrogens (tertiary/aromatic N) is 3. The van der Waals surface area contributed by atoms with Crippen molar-refractivity contribution in [2.24, 2.45) is 0 Å². The lowest BCUT2D eigenvalue weighted by molar-refractivity contribution is -0.00964. The molecule has 1 aromatic rings. The van der Waals surface area contributed by atoms with Gasteiger partial charge in [0.05, 0.1) is 23.6 Å². The van der Waals surface area contributed by atoms with E-state index in [-0.39, 0.29) is 24.2 Å². The molecular formula is C18H30N4O4S. The van der Waals surface area contributed by atoms with E-state index in [0.717, 1.165) is 31.4 Å². The Balaban J connectivity index is 1.52. The van der Waals surface area contributed by atoms with Gasteiger partial charge in [-0.05, 0) is 51.5 Å². The molecule has 1 atom stereocenters. The van der Waals surface area contributed by atoms with Gasteiger partial charge >= 0.3 is 0 Å². The topological polar surface area (TPSA) is 105 Å². The van der Waals surface area contributed by atoms with Crippen LogP contribution in [0.5, 0.6) is 0 Å². The highest BCUT2D eigenvalue weighted by molar-refractivity contribution is 7.88. The van der Waals surface area contributed by atoms with Crippen LogP contribution >= 0.6 is 0 Å². The van der Waals surface area contributed by atoms with Gasteiger partial charge in [-0.15, -0.1) is 0 Å². The average Bonchev–Trinajstić information content (AvgIpc) is 2.62. The molecule has 1 saturated heterocycles. The quantitative estimate of drug-likeness (QED) is 0.745. The fourth-order valence-corrected chi connectivity index (χ4v) is 5.08. The number of β-amino-alcohol motifs (C(OH)–C–C–N with tert-alkyl or cyclic N) is 1. The normalized spacial score (nSPS) is 30.3. The molecule has 1 aromatic heterocycles. The summed E-state index contributed by atoms with van der Waals surface area (Å²) in [5, 5.41) is 18.6. The molecule has 2 aliphatic rings. The van der Waals surface area contributed by atoms with E-state index >= 15 is 0 Å². The van der Waals surface area contributed by atoms with Gasteiger partial charge in [-0.2, -0.15) is 9.40 Å². The summed E-state index contributed by atoms with van der Waals surface area (Å²) in [5.74, 6) is 0. The van der Waals surface area contributed by atoms with Gasteiger partial charge < -0.3 is 10.4 Å². The average molecular weight is 399 g/mol. The zero-order valence-electron chi connectivity index (χ0n) is 16.1. The Bertz CT molecular complexity index is 817. The molecule has 9 heteroatoms. The Kier molecular flexibility index (Phi) is 6.05. The molecule has 2 N–H and O–H groups in total. The van der Waals surface area contributed by atoms with Crippen LogP contribution in [0.15, 0.2) is 16.9 Å². The standard InChI is InChI=1S/C18H30N4O4S/c1-14-4-9-17(23)22(20-14)16-7-5-15(6-8-16)19-12-18(24)10-3-11-21(13-18)27(2,25)26/h4,9,15-16,19,24H,3,5-8,10-13H2,1-2H3. The molecule has 8 nitrogen and oxygen atoms in total. The van der Waals surface area contributed by atoms with Gasteiger partial charge in [-0.3, -0.25) is 4.79 Å². The van der Waals surface area contributed by atoms with E-state index in [1.54, 1.807) is 16.8 Å². The first-order valence-electron chi connectivity index (χ1n) is 9.64. The van der Waals surface area contributed by atoms with E-state index in [4.69, 9.17) is 0 Å². The molecule has 1 aliphatic heterocycles. The number of piperidine rings is 1. The zero-order chi connectivity index (χ0) is 19.7. The predicted octanol–water partition coefficient (Wildman–Crippen LogP) is 0.412. The highest BCUT2D eigenvalue weighted by Crippen LogP contribution is 2.28. The molecule has 0 bridgehead atoms. The summed E-state index contributed by atoms with van der Waals surface area (Å²) in [6, 6.07) is 3.68. The Hall–Kier alpha value is -1.29. The van der Waals surface area contributed by atoms with E-state index in [0.29, 0.717) is 25.9 Å². The summed E-state index contributed by atoms with van der Waals surface area (Å²) in [5.41, 5.74) is -0.244. The van der Waals surface area contributed by atoms with Crippen LogP contribution < -0.4 is 10.9 Å². The maximum atomic E-state index is 12.0. The van der Waals surface area contributed by atoms with E-state index in [1.807, 2.05) is 6.92 Å². The van der Waals surface area contributed by atoms with E-state index < -0.39 is 15.6 Å². The third-order valence-corrected chi connectivity index (χ3v) is 6.96. The van der Waals surface area contributed by atoms with Crippen LogP contribution in [0.25, 0.3) is 0 Å². The number of aliphatic hydroxyl groups is 1. The highest BCUT2D eigenvalue weighted by Gasteiger charge is 2.37. The molecular weight excluding hydrogens is 368 g/mol. The lowest BCUT2D eigenvalue weighted by Gasteiger charge is -2.39. The smallest absolute Gasteiger partial charge is 0.267 e. The molecule has 1 aliphatic carbocycles. The third kappa shape index (κ3) is 5.16. The number of hydrogen-bond donors (Lipinski definition) is 2. The number of rotatable bonds is 5. The minimum atomic E-state index is -3.28. The van der Waals surface area contributed by atoms with Crippen molar-refractivity contribution in [3.63, 3.8) is 0 Å². The monoisotopic (exact) mass is 398 g/mol. The summed E-state index contributed by atoms with van der Waals surface area (Å²) in [4.78, 5) is 12.0. The fourth-order valence-electron chi connectivity index (χ4n) is 4.14. The molecule has 2 fully saturated rings. The molecule has 152 valence electrons. The number of sulfonamides is 1. The lowest BCUT2D eigenvalue weighted by atomic mass is 9.89. The summed E-state index contributed by atoms with van der Waals surface area (Å²) in [7, 11) is -3.28. The van der Waals surface area contributed by atoms with Crippen molar-refractivity contribution in [1.82, 2.24) is 19.4 Å². The van der Waals surface area contributed by atoms with Crippen LogP contribution in [-0.4, -0.2) is 65.1 Å². The SMILES string of the molecule is Cc1ccc(=O)n(C2CCC(NCC3(O)CCCN(S(C)(=O)=O)C3)CC2)n1.